The van der Waals surface area contributed by atoms with Crippen LogP contribution in [0.1, 0.15) is 25.0 Å². The maximum absolute atomic E-state index is 13.1. The number of sulfonamides is 1. The standard InChI is InChI=1S/C20H24N2O2S/c1-16(2)7-6-14-22(15-18-8-4-5-9-20(18)21)25(23,24)19-12-10-17(3)11-13-19/h4-6,8-13H,14-15,21H2,1-3H3. The van der Waals surface area contributed by atoms with E-state index in [1.165, 1.54) is 4.31 Å². The SMILES string of the molecule is CC(C)=C=CCN(Cc1ccccc1N)S(=O)(=O)c1ccc(C)cc1. The van der Waals surface area contributed by atoms with Gasteiger partial charge in [0.05, 0.1) is 4.90 Å². The molecule has 0 atom stereocenters. The number of para-hydroxylation sites is 1. The molecular weight excluding hydrogens is 332 g/mol. The Morgan fingerprint density at radius 3 is 2.36 bits per heavy atom. The fourth-order valence-corrected chi connectivity index (χ4v) is 3.68. The van der Waals surface area contributed by atoms with Crippen molar-refractivity contribution >= 4 is 15.7 Å². The van der Waals surface area contributed by atoms with Gasteiger partial charge < -0.3 is 5.73 Å². The van der Waals surface area contributed by atoms with E-state index < -0.39 is 10.0 Å². The van der Waals surface area contributed by atoms with Crippen LogP contribution in [-0.4, -0.2) is 19.3 Å². The van der Waals surface area contributed by atoms with Gasteiger partial charge in [0.25, 0.3) is 0 Å². The molecule has 0 aliphatic rings. The smallest absolute Gasteiger partial charge is 0.243 e. The summed E-state index contributed by atoms with van der Waals surface area (Å²) in [6.07, 6.45) is 1.74. The van der Waals surface area contributed by atoms with Gasteiger partial charge in [0.2, 0.25) is 10.0 Å². The Kier molecular flexibility index (Phi) is 6.21. The highest BCUT2D eigenvalue weighted by Crippen LogP contribution is 2.21. The first kappa shape index (κ1) is 19.0. The van der Waals surface area contributed by atoms with Gasteiger partial charge in [-0.15, -0.1) is 5.73 Å². The maximum Gasteiger partial charge on any atom is 0.243 e. The van der Waals surface area contributed by atoms with E-state index in [9.17, 15) is 8.42 Å². The highest BCUT2D eigenvalue weighted by Gasteiger charge is 2.24. The predicted octanol–water partition coefficient (Wildman–Crippen LogP) is 3.89. The molecule has 2 rings (SSSR count). The van der Waals surface area contributed by atoms with E-state index in [1.54, 1.807) is 36.4 Å². The van der Waals surface area contributed by atoms with Crippen molar-refractivity contribution in [2.24, 2.45) is 0 Å². The molecule has 0 fully saturated rings. The van der Waals surface area contributed by atoms with E-state index in [1.807, 2.05) is 39.0 Å². The zero-order chi connectivity index (χ0) is 18.4. The third kappa shape index (κ3) is 5.07. The van der Waals surface area contributed by atoms with Crippen LogP contribution in [0.5, 0.6) is 0 Å². The molecule has 0 radical (unpaired) electrons. The van der Waals surface area contributed by atoms with Crippen LogP contribution in [0.3, 0.4) is 0 Å². The second-order valence-electron chi connectivity index (χ2n) is 6.16. The third-order valence-corrected chi connectivity index (χ3v) is 5.57. The van der Waals surface area contributed by atoms with Crippen molar-refractivity contribution in [3.63, 3.8) is 0 Å². The average molecular weight is 356 g/mol. The lowest BCUT2D eigenvalue weighted by Crippen LogP contribution is -2.31. The minimum atomic E-state index is -3.63. The molecule has 0 spiro atoms. The third-order valence-electron chi connectivity index (χ3n) is 3.75. The van der Waals surface area contributed by atoms with Crippen LogP contribution in [0.15, 0.2) is 70.8 Å². The molecule has 0 aliphatic carbocycles. The number of nitrogen functional groups attached to an aromatic ring is 1. The van der Waals surface area contributed by atoms with Gasteiger partial charge in [0.1, 0.15) is 0 Å². The van der Waals surface area contributed by atoms with Gasteiger partial charge >= 0.3 is 0 Å². The Bertz CT molecular complexity index is 890. The monoisotopic (exact) mass is 356 g/mol. The van der Waals surface area contributed by atoms with Gasteiger partial charge in [-0.25, -0.2) is 8.42 Å². The molecule has 2 N–H and O–H groups in total. The fourth-order valence-electron chi connectivity index (χ4n) is 2.33. The number of benzene rings is 2. The normalized spacial score (nSPS) is 11.2. The molecular formula is C20H24N2O2S. The fraction of sp³-hybridized carbons (Fsp3) is 0.250. The number of hydrogen-bond donors (Lipinski definition) is 1. The van der Waals surface area contributed by atoms with E-state index in [0.717, 1.165) is 16.7 Å². The second kappa shape index (κ2) is 8.17. The number of rotatable bonds is 6. The van der Waals surface area contributed by atoms with Gasteiger partial charge in [-0.3, -0.25) is 0 Å². The zero-order valence-corrected chi connectivity index (χ0v) is 15.7. The van der Waals surface area contributed by atoms with Crippen LogP contribution in [-0.2, 0) is 16.6 Å². The lowest BCUT2D eigenvalue weighted by molar-refractivity contribution is 0.439. The molecule has 0 aromatic heterocycles. The van der Waals surface area contributed by atoms with Crippen LogP contribution >= 0.6 is 0 Å². The largest absolute Gasteiger partial charge is 0.398 e. The van der Waals surface area contributed by atoms with E-state index in [4.69, 9.17) is 5.73 Å². The number of nitrogens with two attached hydrogens (primary N) is 1. The lowest BCUT2D eigenvalue weighted by atomic mass is 10.2. The summed E-state index contributed by atoms with van der Waals surface area (Å²) in [6.45, 7) is 6.21. The minimum Gasteiger partial charge on any atom is -0.398 e. The number of aryl methyl sites for hydroxylation is 1. The molecule has 4 nitrogen and oxygen atoms in total. The summed E-state index contributed by atoms with van der Waals surface area (Å²) in [5.74, 6) is 0. The molecule has 0 saturated heterocycles. The summed E-state index contributed by atoms with van der Waals surface area (Å²) >= 11 is 0. The quantitative estimate of drug-likeness (QED) is 0.631. The summed E-state index contributed by atoms with van der Waals surface area (Å²) in [4.78, 5) is 0.276. The Morgan fingerprint density at radius 1 is 1.12 bits per heavy atom. The Hall–Kier alpha value is -2.33. The first-order valence-electron chi connectivity index (χ1n) is 8.09. The molecule has 0 bridgehead atoms. The van der Waals surface area contributed by atoms with Crippen LogP contribution in [0.4, 0.5) is 5.69 Å². The minimum absolute atomic E-state index is 0.212. The molecule has 0 saturated carbocycles. The number of anilines is 1. The van der Waals surface area contributed by atoms with E-state index in [2.05, 4.69) is 5.73 Å². The summed E-state index contributed by atoms with van der Waals surface area (Å²) in [7, 11) is -3.63. The first-order valence-corrected chi connectivity index (χ1v) is 9.53. The van der Waals surface area contributed by atoms with E-state index >= 15 is 0 Å². The highest BCUT2D eigenvalue weighted by molar-refractivity contribution is 7.89. The topological polar surface area (TPSA) is 63.4 Å². The van der Waals surface area contributed by atoms with Crippen molar-refractivity contribution in [1.82, 2.24) is 4.31 Å². The molecule has 2 aromatic rings. The average Bonchev–Trinajstić information content (AvgIpc) is 2.55. The van der Waals surface area contributed by atoms with Gasteiger partial charge in [-0.2, -0.15) is 4.31 Å². The Labute approximate surface area is 150 Å². The molecule has 25 heavy (non-hydrogen) atoms. The number of nitrogens with zero attached hydrogens (tertiary/aromatic N) is 1. The molecule has 2 aromatic carbocycles. The van der Waals surface area contributed by atoms with Crippen molar-refractivity contribution in [3.05, 3.63) is 77.0 Å². The van der Waals surface area contributed by atoms with Crippen LogP contribution in [0, 0.1) is 6.92 Å². The summed E-state index contributed by atoms with van der Waals surface area (Å²) in [5, 5.41) is 0. The molecule has 132 valence electrons. The van der Waals surface area contributed by atoms with E-state index in [0.29, 0.717) is 5.69 Å². The molecule has 0 heterocycles. The summed E-state index contributed by atoms with van der Waals surface area (Å²) in [6, 6.07) is 14.2. The zero-order valence-electron chi connectivity index (χ0n) is 14.9. The Morgan fingerprint density at radius 2 is 1.76 bits per heavy atom. The van der Waals surface area contributed by atoms with Crippen molar-refractivity contribution in [1.29, 1.82) is 0 Å². The molecule has 5 heteroatoms. The van der Waals surface area contributed by atoms with Crippen molar-refractivity contribution in [2.75, 3.05) is 12.3 Å². The lowest BCUT2D eigenvalue weighted by Gasteiger charge is -2.21. The highest BCUT2D eigenvalue weighted by atomic mass is 32.2. The molecule has 0 aliphatic heterocycles. The molecule has 0 unspecified atom stereocenters. The summed E-state index contributed by atoms with van der Waals surface area (Å²) in [5.41, 5.74) is 12.4. The molecule has 0 amide bonds. The van der Waals surface area contributed by atoms with Gasteiger partial charge in [0, 0.05) is 18.8 Å². The van der Waals surface area contributed by atoms with Gasteiger partial charge in [-0.05, 0) is 56.2 Å². The van der Waals surface area contributed by atoms with Crippen LogP contribution in [0.25, 0.3) is 0 Å². The predicted molar refractivity (Wildman–Crippen MR) is 103 cm³/mol. The van der Waals surface area contributed by atoms with Crippen LogP contribution < -0.4 is 5.73 Å². The van der Waals surface area contributed by atoms with Crippen LogP contribution in [0.2, 0.25) is 0 Å². The van der Waals surface area contributed by atoms with E-state index in [-0.39, 0.29) is 18.0 Å². The van der Waals surface area contributed by atoms with Crippen molar-refractivity contribution < 1.29 is 8.42 Å². The second-order valence-corrected chi connectivity index (χ2v) is 8.10. The van der Waals surface area contributed by atoms with Gasteiger partial charge in [0.15, 0.2) is 0 Å². The van der Waals surface area contributed by atoms with Crippen molar-refractivity contribution in [3.8, 4) is 0 Å². The maximum atomic E-state index is 13.1. The summed E-state index contributed by atoms with van der Waals surface area (Å²) < 4.78 is 27.5. The first-order chi connectivity index (χ1) is 11.8. The van der Waals surface area contributed by atoms with Gasteiger partial charge in [-0.1, -0.05) is 35.9 Å². The van der Waals surface area contributed by atoms with Crippen molar-refractivity contribution in [2.45, 2.75) is 32.2 Å². The number of hydrogen-bond acceptors (Lipinski definition) is 3. The Balaban J connectivity index is 2.41.